The summed E-state index contributed by atoms with van der Waals surface area (Å²) in [4.78, 5) is 40.1. The highest BCUT2D eigenvalue weighted by Crippen LogP contribution is 2.19. The second kappa shape index (κ2) is 17.5. The molecule has 3 aromatic rings. The first kappa shape index (κ1) is 35.7. The first-order valence-electron chi connectivity index (χ1n) is 11.3. The van der Waals surface area contributed by atoms with E-state index in [2.05, 4.69) is 47.2 Å². The lowest BCUT2D eigenvalue weighted by molar-refractivity contribution is 0.252. The maximum Gasteiger partial charge on any atom is 0.326 e. The molecule has 0 radical (unpaired) electrons. The molecule has 0 aliphatic heterocycles. The van der Waals surface area contributed by atoms with Gasteiger partial charge < -0.3 is 34.4 Å². The van der Waals surface area contributed by atoms with Crippen molar-refractivity contribution in [3.8, 4) is 0 Å². The summed E-state index contributed by atoms with van der Waals surface area (Å²) in [7, 11) is 0. The Kier molecular flexibility index (Phi) is 14.5. The van der Waals surface area contributed by atoms with Crippen molar-refractivity contribution in [1.82, 2.24) is 10.6 Å². The molecule has 43 heavy (non-hydrogen) atoms. The van der Waals surface area contributed by atoms with Crippen molar-refractivity contribution < 1.29 is 23.2 Å². The quantitative estimate of drug-likeness (QED) is 0.144. The fourth-order valence-corrected chi connectivity index (χ4v) is 3.31. The lowest BCUT2D eigenvalue weighted by Crippen LogP contribution is -2.44. The van der Waals surface area contributed by atoms with Gasteiger partial charge in [-0.1, -0.05) is 37.9 Å². The van der Waals surface area contributed by atoms with Crippen LogP contribution in [-0.2, 0) is 0 Å². The molecule has 19 heteroatoms. The molecule has 3 rings (SSSR count). The molecule has 0 aliphatic rings. The van der Waals surface area contributed by atoms with E-state index in [0.29, 0.717) is 11.4 Å². The molecule has 0 spiro atoms. The molecule has 0 aromatic heterocycles. The second-order valence-corrected chi connectivity index (χ2v) is 9.42. The van der Waals surface area contributed by atoms with E-state index in [-0.39, 0.29) is 17.6 Å². The largest absolute Gasteiger partial charge is 0.369 e. The molecule has 0 fully saturated rings. The Balaban J connectivity index is 0.000000323. The van der Waals surface area contributed by atoms with Gasteiger partial charge >= 0.3 is 18.1 Å². The number of benzene rings is 3. The Bertz CT molecular complexity index is 1510. The summed E-state index contributed by atoms with van der Waals surface area (Å²) >= 11 is 6.52. The number of aliphatic imine (C=N–C) groups is 2. The average molecular weight is 728 g/mol. The van der Waals surface area contributed by atoms with Gasteiger partial charge in [-0.25, -0.2) is 38.0 Å². The number of hydrogen-bond donors (Lipinski definition) is 9. The van der Waals surface area contributed by atoms with Crippen molar-refractivity contribution >= 4 is 84.9 Å². The number of nitrogens with one attached hydrogen (secondary N) is 3. The van der Waals surface area contributed by atoms with Crippen LogP contribution in [0.3, 0.4) is 0 Å². The monoisotopic (exact) mass is 726 g/mol. The molecule has 0 heterocycles. The van der Waals surface area contributed by atoms with E-state index in [4.69, 9.17) is 39.8 Å². The Labute approximate surface area is 260 Å². The van der Waals surface area contributed by atoms with Crippen LogP contribution in [0, 0.1) is 17.0 Å². The third-order valence-corrected chi connectivity index (χ3v) is 5.28. The summed E-state index contributed by atoms with van der Waals surface area (Å²) in [6.07, 6.45) is 0. The molecule has 0 saturated carbocycles. The Morgan fingerprint density at radius 1 is 0.698 bits per heavy atom. The molecule has 15 nitrogen and oxygen atoms in total. The van der Waals surface area contributed by atoms with E-state index >= 15 is 0 Å². The highest BCUT2D eigenvalue weighted by atomic mass is 79.9. The van der Waals surface area contributed by atoms with E-state index < -0.39 is 35.7 Å². The van der Waals surface area contributed by atoms with Gasteiger partial charge in [0.1, 0.15) is 0 Å². The highest BCUT2D eigenvalue weighted by molar-refractivity contribution is 9.10. The number of nitrogens with two attached hydrogens (primary N) is 6. The van der Waals surface area contributed by atoms with Gasteiger partial charge in [0.2, 0.25) is 17.9 Å². The number of primary amides is 3. The molecular formula is C24H26Br2F2N12O3. The Hall–Kier alpha value is -5.30. The molecule has 0 bridgehead atoms. The highest BCUT2D eigenvalue weighted by Gasteiger charge is 2.15. The molecular weight excluding hydrogens is 702 g/mol. The number of amides is 6. The van der Waals surface area contributed by atoms with Crippen LogP contribution in [0.15, 0.2) is 85.7 Å². The molecule has 3 aromatic carbocycles. The van der Waals surface area contributed by atoms with Crippen molar-refractivity contribution in [2.45, 2.75) is 0 Å². The number of rotatable bonds is 3. The van der Waals surface area contributed by atoms with Crippen molar-refractivity contribution in [3.63, 3.8) is 0 Å². The minimum atomic E-state index is -1.05. The zero-order valence-electron chi connectivity index (χ0n) is 21.9. The summed E-state index contributed by atoms with van der Waals surface area (Å²) in [5, 5.41) is 11.3. The molecule has 0 saturated heterocycles. The number of carbonyl (C=O) groups excluding carboxylic acids is 3. The van der Waals surface area contributed by atoms with Gasteiger partial charge in [-0.15, -0.1) is 0 Å². The zero-order chi connectivity index (χ0) is 32.7. The average Bonchev–Trinajstić information content (AvgIpc) is 2.87. The number of hydrogen-bond acceptors (Lipinski definition) is 6. The van der Waals surface area contributed by atoms with Gasteiger partial charge in [-0.05, 0) is 54.6 Å². The van der Waals surface area contributed by atoms with Crippen LogP contribution in [-0.4, -0.2) is 36.0 Å². The van der Waals surface area contributed by atoms with E-state index in [0.717, 1.165) is 26.0 Å². The lowest BCUT2D eigenvalue weighted by Gasteiger charge is -2.17. The van der Waals surface area contributed by atoms with Gasteiger partial charge in [0.05, 0.1) is 17.1 Å². The standard InChI is InChI=1S/2C8H9BrN4O.C8H8F2N4O/c9-5-1-3-6(4-2-5)12-7(10)13-8(11)14;9-5-2-1-3-6(4-5)13(7(10)11)8(12)14;9-5-2-1-4(3-6(5)10)13-7(11)14-8(12)15/h1-4H,(H5,10,11,12,13,14);1-4H,(H3,10,11)(H2,12,14);1-3H,(H5,11,12,13,14,15). The summed E-state index contributed by atoms with van der Waals surface area (Å²) in [6, 6.07) is 14.5. The topological polar surface area (TPSA) is 283 Å². The summed E-state index contributed by atoms with van der Waals surface area (Å²) in [6.45, 7) is 0. The van der Waals surface area contributed by atoms with Gasteiger partial charge in [0.25, 0.3) is 0 Å². The van der Waals surface area contributed by atoms with Crippen LogP contribution in [0.4, 0.5) is 40.2 Å². The van der Waals surface area contributed by atoms with Gasteiger partial charge in [-0.2, -0.15) is 0 Å². The van der Waals surface area contributed by atoms with Crippen molar-refractivity contribution in [2.24, 2.45) is 44.4 Å². The minimum absolute atomic E-state index is 0.0279. The number of guanidine groups is 3. The molecule has 228 valence electrons. The van der Waals surface area contributed by atoms with Gasteiger partial charge in [-0.3, -0.25) is 16.0 Å². The maximum atomic E-state index is 12.7. The van der Waals surface area contributed by atoms with Crippen LogP contribution in [0.2, 0.25) is 0 Å². The number of urea groups is 3. The maximum absolute atomic E-state index is 12.7. The number of nitrogens with zero attached hydrogens (tertiary/aromatic N) is 3. The molecule has 6 amide bonds. The molecule has 0 atom stereocenters. The zero-order valence-corrected chi connectivity index (χ0v) is 25.1. The second-order valence-electron chi connectivity index (χ2n) is 7.59. The van der Waals surface area contributed by atoms with E-state index in [1.807, 2.05) is 17.4 Å². The van der Waals surface area contributed by atoms with Crippen LogP contribution in [0.1, 0.15) is 0 Å². The first-order valence-corrected chi connectivity index (χ1v) is 12.9. The SMILES string of the molecule is N=C(N)N(C(N)=O)c1cccc(Br)c1.NC(=O)NC(N)=Nc1ccc(Br)cc1.NC(=O)NC(N)=Nc1ccc(F)c(F)c1. The van der Waals surface area contributed by atoms with Crippen molar-refractivity contribution in [1.29, 1.82) is 5.41 Å². The van der Waals surface area contributed by atoms with Crippen molar-refractivity contribution in [3.05, 3.63) is 87.3 Å². The molecule has 15 N–H and O–H groups in total. The number of anilines is 1. The first-order chi connectivity index (χ1) is 20.1. The summed E-state index contributed by atoms with van der Waals surface area (Å²) in [5.74, 6) is -2.78. The van der Waals surface area contributed by atoms with Gasteiger partial charge in [0, 0.05) is 15.0 Å². The van der Waals surface area contributed by atoms with Gasteiger partial charge in [0.15, 0.2) is 11.6 Å². The predicted octanol–water partition coefficient (Wildman–Crippen LogP) is 2.87. The fraction of sp³-hybridized carbons (Fsp3) is 0. The van der Waals surface area contributed by atoms with Crippen LogP contribution in [0.25, 0.3) is 0 Å². The van der Waals surface area contributed by atoms with Crippen molar-refractivity contribution in [2.75, 3.05) is 4.90 Å². The third kappa shape index (κ3) is 14.2. The van der Waals surface area contributed by atoms with Crippen LogP contribution < -0.4 is 49.9 Å². The van der Waals surface area contributed by atoms with Crippen LogP contribution in [0.5, 0.6) is 0 Å². The third-order valence-electron chi connectivity index (χ3n) is 4.26. The summed E-state index contributed by atoms with van der Waals surface area (Å²) in [5.41, 5.74) is 31.6. The van der Waals surface area contributed by atoms with Crippen LogP contribution >= 0.6 is 31.9 Å². The minimum Gasteiger partial charge on any atom is -0.369 e. The molecule has 0 aliphatic carbocycles. The van der Waals surface area contributed by atoms with E-state index in [1.54, 1.807) is 36.4 Å². The summed E-state index contributed by atoms with van der Waals surface area (Å²) < 4.78 is 26.9. The smallest absolute Gasteiger partial charge is 0.326 e. The normalized spacial score (nSPS) is 10.6. The fourth-order valence-electron chi connectivity index (χ4n) is 2.66. The van der Waals surface area contributed by atoms with E-state index in [1.165, 1.54) is 6.07 Å². The Morgan fingerprint density at radius 3 is 1.65 bits per heavy atom. The lowest BCUT2D eigenvalue weighted by atomic mass is 10.3. The number of halogens is 4. The predicted molar refractivity (Wildman–Crippen MR) is 167 cm³/mol. The van der Waals surface area contributed by atoms with E-state index in [9.17, 15) is 23.2 Å². The number of carbonyl (C=O) groups is 3. The Morgan fingerprint density at radius 2 is 1.21 bits per heavy atom. The molecule has 0 unspecified atom stereocenters.